The van der Waals surface area contributed by atoms with Gasteiger partial charge < -0.3 is 9.73 Å². The predicted molar refractivity (Wildman–Crippen MR) is 94.4 cm³/mol. The van der Waals surface area contributed by atoms with Crippen LogP contribution in [0.15, 0.2) is 65.3 Å². The maximum atomic E-state index is 13.9. The first-order valence-electron chi connectivity index (χ1n) is 8.49. The normalized spacial score (nSPS) is 18.4. The molecule has 1 aromatic carbocycles. The summed E-state index contributed by atoms with van der Waals surface area (Å²) in [6.45, 7) is 3.44. The topological polar surface area (TPSA) is 41.3 Å². The summed E-state index contributed by atoms with van der Waals surface area (Å²) in [7, 11) is 0. The van der Waals surface area contributed by atoms with Crippen LogP contribution in [0.25, 0.3) is 11.3 Å². The Bertz CT molecular complexity index is 834. The second kappa shape index (κ2) is 7.17. The van der Waals surface area contributed by atoms with Crippen LogP contribution < -0.4 is 5.32 Å². The highest BCUT2D eigenvalue weighted by molar-refractivity contribution is 5.58. The van der Waals surface area contributed by atoms with Gasteiger partial charge in [-0.3, -0.25) is 9.88 Å². The van der Waals surface area contributed by atoms with Crippen molar-refractivity contribution in [1.82, 2.24) is 15.2 Å². The number of nitrogens with one attached hydrogen (secondary N) is 1. The number of rotatable bonds is 4. The largest absolute Gasteiger partial charge is 0.460 e. The van der Waals surface area contributed by atoms with Crippen LogP contribution in [0.1, 0.15) is 17.4 Å². The van der Waals surface area contributed by atoms with E-state index in [1.54, 1.807) is 18.3 Å². The summed E-state index contributed by atoms with van der Waals surface area (Å²) in [4.78, 5) is 6.61. The van der Waals surface area contributed by atoms with Gasteiger partial charge in [-0.25, -0.2) is 4.39 Å². The highest BCUT2D eigenvalue weighted by atomic mass is 19.1. The SMILES string of the molecule is Fc1ccccc1-c1ccc(CN2CCNCC2c2cccnc2)o1. The highest BCUT2D eigenvalue weighted by Crippen LogP contribution is 2.28. The molecule has 4 rings (SSSR count). The van der Waals surface area contributed by atoms with Crippen LogP contribution in [0.5, 0.6) is 0 Å². The Morgan fingerprint density at radius 2 is 2.08 bits per heavy atom. The molecule has 25 heavy (non-hydrogen) atoms. The zero-order valence-corrected chi connectivity index (χ0v) is 13.9. The molecular formula is C20H20FN3O. The molecule has 5 heteroatoms. The maximum absolute atomic E-state index is 13.9. The molecule has 128 valence electrons. The summed E-state index contributed by atoms with van der Waals surface area (Å²) in [5.74, 6) is 1.15. The van der Waals surface area contributed by atoms with E-state index in [-0.39, 0.29) is 11.9 Å². The fourth-order valence-electron chi connectivity index (χ4n) is 3.31. The Balaban J connectivity index is 1.54. The number of benzene rings is 1. The van der Waals surface area contributed by atoms with Crippen LogP contribution in [0.4, 0.5) is 4.39 Å². The van der Waals surface area contributed by atoms with Gasteiger partial charge in [0.2, 0.25) is 0 Å². The van der Waals surface area contributed by atoms with Crippen molar-refractivity contribution >= 4 is 0 Å². The van der Waals surface area contributed by atoms with Crippen LogP contribution in [-0.4, -0.2) is 29.5 Å². The molecule has 1 atom stereocenters. The number of furan rings is 1. The third-order valence-electron chi connectivity index (χ3n) is 4.58. The molecule has 2 aromatic heterocycles. The summed E-state index contributed by atoms with van der Waals surface area (Å²) >= 11 is 0. The fourth-order valence-corrected chi connectivity index (χ4v) is 3.31. The molecule has 1 aliphatic heterocycles. The summed E-state index contributed by atoms with van der Waals surface area (Å²) in [6, 6.07) is 14.8. The Kier molecular flexibility index (Phi) is 4.59. The third kappa shape index (κ3) is 3.48. The van der Waals surface area contributed by atoms with Gasteiger partial charge in [0.25, 0.3) is 0 Å². The van der Waals surface area contributed by atoms with Gasteiger partial charge in [0.15, 0.2) is 0 Å². The van der Waals surface area contributed by atoms with E-state index < -0.39 is 0 Å². The highest BCUT2D eigenvalue weighted by Gasteiger charge is 2.25. The van der Waals surface area contributed by atoms with Gasteiger partial charge in [-0.2, -0.15) is 0 Å². The molecule has 1 saturated heterocycles. The Hall–Kier alpha value is -2.50. The van der Waals surface area contributed by atoms with Gasteiger partial charge in [0.05, 0.1) is 12.1 Å². The quantitative estimate of drug-likeness (QED) is 0.789. The van der Waals surface area contributed by atoms with E-state index in [0.717, 1.165) is 25.4 Å². The summed E-state index contributed by atoms with van der Waals surface area (Å²) in [6.07, 6.45) is 3.70. The Labute approximate surface area is 146 Å². The zero-order valence-electron chi connectivity index (χ0n) is 13.9. The monoisotopic (exact) mass is 337 g/mol. The van der Waals surface area contributed by atoms with Crippen LogP contribution in [-0.2, 0) is 6.54 Å². The van der Waals surface area contributed by atoms with Crippen molar-refractivity contribution in [1.29, 1.82) is 0 Å². The molecule has 0 radical (unpaired) electrons. The first-order chi connectivity index (χ1) is 12.3. The van der Waals surface area contributed by atoms with E-state index in [1.165, 1.54) is 11.6 Å². The van der Waals surface area contributed by atoms with Crippen LogP contribution in [0.3, 0.4) is 0 Å². The number of aromatic nitrogens is 1. The lowest BCUT2D eigenvalue weighted by molar-refractivity contribution is 0.143. The van der Waals surface area contributed by atoms with Crippen LogP contribution >= 0.6 is 0 Å². The van der Waals surface area contributed by atoms with Gasteiger partial charge in [0.1, 0.15) is 17.3 Å². The molecule has 1 aliphatic rings. The van der Waals surface area contributed by atoms with Crippen molar-refractivity contribution < 1.29 is 8.81 Å². The molecule has 3 aromatic rings. The fraction of sp³-hybridized carbons (Fsp3) is 0.250. The number of hydrogen-bond donors (Lipinski definition) is 1. The number of piperazine rings is 1. The first kappa shape index (κ1) is 16.0. The van der Waals surface area contributed by atoms with Gasteiger partial charge in [-0.1, -0.05) is 18.2 Å². The summed E-state index contributed by atoms with van der Waals surface area (Å²) in [5.41, 5.74) is 1.69. The summed E-state index contributed by atoms with van der Waals surface area (Å²) in [5, 5.41) is 3.44. The zero-order chi connectivity index (χ0) is 17.1. The standard InChI is InChI=1S/C20H20FN3O/c21-18-6-2-1-5-17(18)20-8-7-16(25-20)14-24-11-10-23-13-19(24)15-4-3-9-22-12-15/h1-9,12,19,23H,10-11,13-14H2. The molecule has 3 heterocycles. The molecule has 1 unspecified atom stereocenters. The predicted octanol–water partition coefficient (Wildman–Crippen LogP) is 3.63. The number of halogens is 1. The molecule has 0 spiro atoms. The number of pyridine rings is 1. The van der Waals surface area contributed by atoms with E-state index in [2.05, 4.69) is 21.3 Å². The third-order valence-corrected chi connectivity index (χ3v) is 4.58. The van der Waals surface area contributed by atoms with Crippen LogP contribution in [0, 0.1) is 5.82 Å². The first-order valence-corrected chi connectivity index (χ1v) is 8.49. The maximum Gasteiger partial charge on any atom is 0.137 e. The van der Waals surface area contributed by atoms with Crippen molar-refractivity contribution in [2.24, 2.45) is 0 Å². The number of hydrogen-bond acceptors (Lipinski definition) is 4. The van der Waals surface area contributed by atoms with Gasteiger partial charge >= 0.3 is 0 Å². The van der Waals surface area contributed by atoms with E-state index in [0.29, 0.717) is 17.9 Å². The number of nitrogens with zero attached hydrogens (tertiary/aromatic N) is 2. The van der Waals surface area contributed by atoms with Crippen molar-refractivity contribution in [3.63, 3.8) is 0 Å². The second-order valence-corrected chi connectivity index (χ2v) is 6.22. The van der Waals surface area contributed by atoms with Crippen molar-refractivity contribution in [3.05, 3.63) is 78.1 Å². The van der Waals surface area contributed by atoms with E-state index >= 15 is 0 Å². The van der Waals surface area contributed by atoms with E-state index in [4.69, 9.17) is 4.42 Å². The Morgan fingerprint density at radius 3 is 2.92 bits per heavy atom. The van der Waals surface area contributed by atoms with Crippen molar-refractivity contribution in [2.45, 2.75) is 12.6 Å². The molecule has 1 fully saturated rings. The molecule has 0 amide bonds. The average Bonchev–Trinajstić information content (AvgIpc) is 3.11. The minimum absolute atomic E-state index is 0.254. The van der Waals surface area contributed by atoms with E-state index in [1.807, 2.05) is 30.5 Å². The minimum atomic E-state index is -0.265. The van der Waals surface area contributed by atoms with Crippen LogP contribution in [0.2, 0.25) is 0 Å². The minimum Gasteiger partial charge on any atom is -0.460 e. The smallest absolute Gasteiger partial charge is 0.137 e. The van der Waals surface area contributed by atoms with Gasteiger partial charge in [-0.15, -0.1) is 0 Å². The van der Waals surface area contributed by atoms with Crippen molar-refractivity contribution in [2.75, 3.05) is 19.6 Å². The summed E-state index contributed by atoms with van der Waals surface area (Å²) < 4.78 is 19.9. The van der Waals surface area contributed by atoms with Gasteiger partial charge in [0, 0.05) is 38.1 Å². The average molecular weight is 337 g/mol. The second-order valence-electron chi connectivity index (χ2n) is 6.22. The Morgan fingerprint density at radius 1 is 1.16 bits per heavy atom. The lowest BCUT2D eigenvalue weighted by Crippen LogP contribution is -2.45. The lowest BCUT2D eigenvalue weighted by atomic mass is 10.1. The van der Waals surface area contributed by atoms with Gasteiger partial charge in [-0.05, 0) is 35.9 Å². The molecular weight excluding hydrogens is 317 g/mol. The lowest BCUT2D eigenvalue weighted by Gasteiger charge is -2.35. The van der Waals surface area contributed by atoms with E-state index in [9.17, 15) is 4.39 Å². The molecule has 1 N–H and O–H groups in total. The molecule has 0 bridgehead atoms. The molecule has 4 nitrogen and oxygen atoms in total. The van der Waals surface area contributed by atoms with Crippen molar-refractivity contribution in [3.8, 4) is 11.3 Å². The molecule has 0 aliphatic carbocycles. The molecule has 0 saturated carbocycles.